The number of carbonyl (C=O) groups is 2. The van der Waals surface area contributed by atoms with Crippen molar-refractivity contribution >= 4 is 29.0 Å². The van der Waals surface area contributed by atoms with Gasteiger partial charge in [-0.2, -0.15) is 0 Å². The molecule has 0 saturated carbocycles. The highest BCUT2D eigenvalue weighted by Gasteiger charge is 2.20. The lowest BCUT2D eigenvalue weighted by Crippen LogP contribution is -2.34. The maximum atomic E-state index is 12.8. The van der Waals surface area contributed by atoms with Crippen molar-refractivity contribution in [3.05, 3.63) is 70.0 Å². The minimum atomic E-state index is -0.535. The molecule has 0 unspecified atom stereocenters. The first-order valence-electron chi connectivity index (χ1n) is 9.41. The van der Waals surface area contributed by atoms with Gasteiger partial charge in [0.1, 0.15) is 0 Å². The fourth-order valence-corrected chi connectivity index (χ4v) is 2.83. The van der Waals surface area contributed by atoms with Gasteiger partial charge in [-0.1, -0.05) is 23.4 Å². The molecule has 0 atom stereocenters. The summed E-state index contributed by atoms with van der Waals surface area (Å²) in [5.41, 5.74) is 1.56. The molecule has 0 aliphatic rings. The summed E-state index contributed by atoms with van der Waals surface area (Å²) in [5.74, 6) is -0.535. The molecule has 0 fully saturated rings. The first kappa shape index (κ1) is 21.4. The van der Waals surface area contributed by atoms with E-state index in [1.54, 1.807) is 37.3 Å². The summed E-state index contributed by atoms with van der Waals surface area (Å²) in [6.45, 7) is 5.30. The number of benzene rings is 2. The molecule has 3 amide bonds. The lowest BCUT2D eigenvalue weighted by atomic mass is 10.2. The van der Waals surface area contributed by atoms with Crippen molar-refractivity contribution in [3.63, 3.8) is 0 Å². The second-order valence-corrected chi connectivity index (χ2v) is 6.97. The Morgan fingerprint density at radius 2 is 1.74 bits per heavy atom. The normalized spacial score (nSPS) is 10.6. The van der Waals surface area contributed by atoms with Crippen LogP contribution in [0.15, 0.2) is 48.5 Å². The second-order valence-electron chi connectivity index (χ2n) is 6.97. The summed E-state index contributed by atoms with van der Waals surface area (Å²) in [6, 6.07) is 12.2. The molecule has 0 saturated heterocycles. The lowest BCUT2D eigenvalue weighted by Gasteiger charge is -2.14. The van der Waals surface area contributed by atoms with Gasteiger partial charge in [0.15, 0.2) is 5.69 Å². The number of nitro benzene ring substituents is 1. The molecule has 0 bridgehead atoms. The molecule has 11 nitrogen and oxygen atoms in total. The van der Waals surface area contributed by atoms with Gasteiger partial charge in [0.2, 0.25) is 0 Å². The van der Waals surface area contributed by atoms with Crippen LogP contribution < -0.4 is 16.0 Å². The molecule has 0 spiro atoms. The van der Waals surface area contributed by atoms with Gasteiger partial charge in [-0.25, -0.2) is 9.48 Å². The van der Waals surface area contributed by atoms with Crippen LogP contribution in [0.4, 0.5) is 21.9 Å². The van der Waals surface area contributed by atoms with Crippen LogP contribution in [-0.2, 0) is 0 Å². The van der Waals surface area contributed by atoms with Gasteiger partial charge in [-0.3, -0.25) is 14.9 Å². The number of anilines is 2. The highest BCUT2D eigenvalue weighted by Crippen LogP contribution is 2.23. The van der Waals surface area contributed by atoms with Gasteiger partial charge in [-0.05, 0) is 39.0 Å². The molecule has 0 radical (unpaired) electrons. The minimum absolute atomic E-state index is 0.0479. The SMILES string of the molecule is Cc1c(C(=O)Nc2ccccc2NC(=O)NC(C)C)nnn1-c1cccc([N+](=O)[O-])c1. The van der Waals surface area contributed by atoms with E-state index >= 15 is 0 Å². The van der Waals surface area contributed by atoms with Gasteiger partial charge < -0.3 is 16.0 Å². The molecule has 160 valence electrons. The minimum Gasteiger partial charge on any atom is -0.336 e. The largest absolute Gasteiger partial charge is 0.336 e. The van der Waals surface area contributed by atoms with Crippen molar-refractivity contribution < 1.29 is 14.5 Å². The number of amides is 3. The first-order valence-corrected chi connectivity index (χ1v) is 9.41. The molecule has 31 heavy (non-hydrogen) atoms. The quantitative estimate of drug-likeness (QED) is 0.410. The van der Waals surface area contributed by atoms with Gasteiger partial charge in [0.25, 0.3) is 11.6 Å². The Labute approximate surface area is 177 Å². The number of carbonyl (C=O) groups excluding carboxylic acids is 2. The number of nitrogens with one attached hydrogen (secondary N) is 3. The van der Waals surface area contributed by atoms with E-state index in [-0.39, 0.29) is 17.4 Å². The topological polar surface area (TPSA) is 144 Å². The van der Waals surface area contributed by atoms with Crippen LogP contribution in [0.1, 0.15) is 30.0 Å². The third-order valence-electron chi connectivity index (χ3n) is 4.24. The van der Waals surface area contributed by atoms with Gasteiger partial charge >= 0.3 is 6.03 Å². The zero-order chi connectivity index (χ0) is 22.5. The number of para-hydroxylation sites is 2. The highest BCUT2D eigenvalue weighted by atomic mass is 16.6. The fourth-order valence-electron chi connectivity index (χ4n) is 2.83. The zero-order valence-electron chi connectivity index (χ0n) is 17.1. The fraction of sp³-hybridized carbons (Fsp3) is 0.200. The number of non-ortho nitro benzene ring substituents is 1. The second kappa shape index (κ2) is 9.03. The average molecular weight is 423 g/mol. The number of aromatic nitrogens is 3. The monoisotopic (exact) mass is 423 g/mol. The van der Waals surface area contributed by atoms with Crippen molar-refractivity contribution in [2.45, 2.75) is 26.8 Å². The highest BCUT2D eigenvalue weighted by molar-refractivity contribution is 6.06. The number of urea groups is 1. The standard InChI is InChI=1S/C20H21N7O4/c1-12(2)21-20(29)23-17-10-5-4-9-16(17)22-19(28)18-13(3)26(25-24-18)14-7-6-8-15(11-14)27(30)31/h4-12H,1-3H3,(H,22,28)(H2,21,23,29). The average Bonchev–Trinajstić information content (AvgIpc) is 3.10. The van der Waals surface area contributed by atoms with Gasteiger partial charge in [0.05, 0.1) is 27.7 Å². The van der Waals surface area contributed by atoms with Crippen LogP contribution >= 0.6 is 0 Å². The van der Waals surface area contributed by atoms with E-state index in [0.717, 1.165) is 0 Å². The third kappa shape index (κ3) is 5.01. The Bertz CT molecular complexity index is 1140. The summed E-state index contributed by atoms with van der Waals surface area (Å²) < 4.78 is 1.35. The van der Waals surface area contributed by atoms with Gasteiger partial charge in [-0.15, -0.1) is 5.10 Å². The molecule has 1 aromatic heterocycles. The Morgan fingerprint density at radius 1 is 1.06 bits per heavy atom. The van der Waals surface area contributed by atoms with Crippen molar-refractivity contribution in [2.75, 3.05) is 10.6 Å². The van der Waals surface area contributed by atoms with Crippen LogP contribution in [0.2, 0.25) is 0 Å². The summed E-state index contributed by atoms with van der Waals surface area (Å²) >= 11 is 0. The Morgan fingerprint density at radius 3 is 2.39 bits per heavy atom. The third-order valence-corrected chi connectivity index (χ3v) is 4.24. The van der Waals surface area contributed by atoms with Crippen LogP contribution in [0.3, 0.4) is 0 Å². The molecule has 3 aromatic rings. The number of hydrogen-bond acceptors (Lipinski definition) is 6. The van der Waals surface area contributed by atoms with E-state index in [2.05, 4.69) is 26.3 Å². The molecule has 1 heterocycles. The summed E-state index contributed by atoms with van der Waals surface area (Å²) in [7, 11) is 0. The molecule has 0 aliphatic carbocycles. The summed E-state index contributed by atoms with van der Waals surface area (Å²) in [5, 5.41) is 27.0. The Balaban J connectivity index is 1.82. The van der Waals surface area contributed by atoms with E-state index in [9.17, 15) is 19.7 Å². The van der Waals surface area contributed by atoms with Crippen LogP contribution in [0.5, 0.6) is 0 Å². The van der Waals surface area contributed by atoms with Crippen molar-refractivity contribution in [2.24, 2.45) is 0 Å². The molecule has 3 rings (SSSR count). The van der Waals surface area contributed by atoms with Crippen LogP contribution in [-0.4, -0.2) is 37.9 Å². The van der Waals surface area contributed by atoms with E-state index in [1.165, 1.54) is 22.9 Å². The lowest BCUT2D eigenvalue weighted by molar-refractivity contribution is -0.384. The number of nitrogens with zero attached hydrogens (tertiary/aromatic N) is 4. The van der Waals surface area contributed by atoms with E-state index in [1.807, 2.05) is 13.8 Å². The number of rotatable bonds is 6. The smallest absolute Gasteiger partial charge is 0.319 e. The maximum Gasteiger partial charge on any atom is 0.319 e. The molecule has 0 aliphatic heterocycles. The Hall–Kier alpha value is -4.28. The summed E-state index contributed by atoms with van der Waals surface area (Å²) in [4.78, 5) is 35.3. The van der Waals surface area contributed by atoms with E-state index in [4.69, 9.17) is 0 Å². The van der Waals surface area contributed by atoms with Crippen LogP contribution in [0, 0.1) is 17.0 Å². The Kier molecular flexibility index (Phi) is 6.24. The first-order chi connectivity index (χ1) is 14.8. The molecule has 2 aromatic carbocycles. The summed E-state index contributed by atoms with van der Waals surface area (Å²) in [6.07, 6.45) is 0. The maximum absolute atomic E-state index is 12.8. The predicted molar refractivity (Wildman–Crippen MR) is 114 cm³/mol. The van der Waals surface area contributed by atoms with Crippen molar-refractivity contribution in [1.29, 1.82) is 0 Å². The van der Waals surface area contributed by atoms with Crippen LogP contribution in [0.25, 0.3) is 5.69 Å². The molecule has 11 heteroatoms. The molecule has 3 N–H and O–H groups in total. The van der Waals surface area contributed by atoms with Crippen molar-refractivity contribution in [3.8, 4) is 5.69 Å². The number of nitro groups is 1. The van der Waals surface area contributed by atoms with E-state index in [0.29, 0.717) is 22.8 Å². The number of hydrogen-bond donors (Lipinski definition) is 3. The molecular formula is C20H21N7O4. The zero-order valence-corrected chi connectivity index (χ0v) is 17.1. The van der Waals surface area contributed by atoms with Crippen molar-refractivity contribution in [1.82, 2.24) is 20.3 Å². The van der Waals surface area contributed by atoms with Gasteiger partial charge in [0, 0.05) is 18.2 Å². The molecular weight excluding hydrogens is 402 g/mol. The predicted octanol–water partition coefficient (Wildman–Crippen LogP) is 3.27. The van der Waals surface area contributed by atoms with E-state index < -0.39 is 16.9 Å².